The van der Waals surface area contributed by atoms with E-state index in [4.69, 9.17) is 0 Å². The van der Waals surface area contributed by atoms with Crippen LogP contribution in [0.15, 0.2) is 46.0 Å². The molecule has 0 aliphatic carbocycles. The number of aryl methyl sites for hydroxylation is 1. The highest BCUT2D eigenvalue weighted by molar-refractivity contribution is 9.10. The summed E-state index contributed by atoms with van der Waals surface area (Å²) < 4.78 is 3.41. The van der Waals surface area contributed by atoms with Crippen molar-refractivity contribution in [3.8, 4) is 0 Å². The Balaban J connectivity index is 2.08. The van der Waals surface area contributed by atoms with E-state index in [0.29, 0.717) is 0 Å². The number of nitrogens with zero attached hydrogens (tertiary/aromatic N) is 2. The Labute approximate surface area is 139 Å². The van der Waals surface area contributed by atoms with Gasteiger partial charge in [0.1, 0.15) is 5.82 Å². The first kappa shape index (κ1) is 16.6. The number of thioether (sulfide) groups is 1. The fourth-order valence-electron chi connectivity index (χ4n) is 2.27. The third kappa shape index (κ3) is 4.59. The van der Waals surface area contributed by atoms with Gasteiger partial charge in [0.2, 0.25) is 0 Å². The summed E-state index contributed by atoms with van der Waals surface area (Å²) in [5.41, 5.74) is 0. The van der Waals surface area contributed by atoms with Crippen molar-refractivity contribution in [3.63, 3.8) is 0 Å². The van der Waals surface area contributed by atoms with Gasteiger partial charge in [-0.1, -0.05) is 26.0 Å². The zero-order valence-electron chi connectivity index (χ0n) is 12.6. The Morgan fingerprint density at radius 3 is 2.86 bits per heavy atom. The lowest BCUT2D eigenvalue weighted by Crippen LogP contribution is -2.26. The highest BCUT2D eigenvalue weighted by Gasteiger charge is 2.16. The molecule has 1 heterocycles. The van der Waals surface area contributed by atoms with Crippen LogP contribution in [-0.4, -0.2) is 21.8 Å². The van der Waals surface area contributed by atoms with E-state index in [2.05, 4.69) is 69.0 Å². The number of nitrogens with one attached hydrogen (secondary N) is 1. The minimum absolute atomic E-state index is 0.272. The molecular formula is C16H22BrN3S. The Hall–Kier alpha value is -0.780. The summed E-state index contributed by atoms with van der Waals surface area (Å²) in [5.74, 6) is 2.11. The third-order valence-corrected chi connectivity index (χ3v) is 5.34. The van der Waals surface area contributed by atoms with E-state index in [0.717, 1.165) is 35.6 Å². The molecular weight excluding hydrogens is 346 g/mol. The smallest absolute Gasteiger partial charge is 0.126 e. The first-order valence-corrected chi connectivity index (χ1v) is 9.15. The molecule has 21 heavy (non-hydrogen) atoms. The van der Waals surface area contributed by atoms with Crippen molar-refractivity contribution in [2.24, 2.45) is 0 Å². The molecule has 0 saturated heterocycles. The van der Waals surface area contributed by atoms with Crippen molar-refractivity contribution in [2.45, 2.75) is 37.8 Å². The molecule has 1 aromatic heterocycles. The van der Waals surface area contributed by atoms with Crippen molar-refractivity contribution in [1.29, 1.82) is 0 Å². The van der Waals surface area contributed by atoms with Gasteiger partial charge in [-0.25, -0.2) is 4.98 Å². The van der Waals surface area contributed by atoms with Crippen molar-refractivity contribution in [3.05, 3.63) is 47.0 Å². The van der Waals surface area contributed by atoms with Gasteiger partial charge in [0.05, 0.1) is 6.04 Å². The second-order valence-electron chi connectivity index (χ2n) is 4.83. The zero-order valence-corrected chi connectivity index (χ0v) is 15.0. The molecule has 114 valence electrons. The van der Waals surface area contributed by atoms with Gasteiger partial charge >= 0.3 is 0 Å². The highest BCUT2D eigenvalue weighted by atomic mass is 79.9. The van der Waals surface area contributed by atoms with E-state index in [1.165, 1.54) is 4.90 Å². The Morgan fingerprint density at radius 2 is 2.14 bits per heavy atom. The second kappa shape index (κ2) is 8.61. The molecule has 5 heteroatoms. The van der Waals surface area contributed by atoms with E-state index >= 15 is 0 Å². The summed E-state index contributed by atoms with van der Waals surface area (Å²) in [6, 6.07) is 8.63. The molecule has 1 N–H and O–H groups in total. The molecule has 0 amide bonds. The monoisotopic (exact) mass is 367 g/mol. The number of halogens is 1. The molecule has 1 atom stereocenters. The van der Waals surface area contributed by atoms with Gasteiger partial charge in [-0.15, -0.1) is 11.8 Å². The normalized spacial score (nSPS) is 12.5. The van der Waals surface area contributed by atoms with E-state index in [9.17, 15) is 0 Å². The van der Waals surface area contributed by atoms with Crippen LogP contribution in [0.4, 0.5) is 0 Å². The average molecular weight is 368 g/mol. The van der Waals surface area contributed by atoms with Crippen LogP contribution in [0.1, 0.15) is 32.1 Å². The van der Waals surface area contributed by atoms with Crippen LogP contribution in [0.2, 0.25) is 0 Å². The fourth-order valence-corrected chi connectivity index (χ4v) is 3.89. The maximum Gasteiger partial charge on any atom is 0.126 e. The van der Waals surface area contributed by atoms with E-state index in [1.807, 2.05) is 24.0 Å². The second-order valence-corrected chi connectivity index (χ2v) is 6.75. The quantitative estimate of drug-likeness (QED) is 0.696. The average Bonchev–Trinajstić information content (AvgIpc) is 2.93. The Bertz CT molecular complexity index is 556. The predicted octanol–water partition coefficient (Wildman–Crippen LogP) is 4.50. The van der Waals surface area contributed by atoms with Gasteiger partial charge in [-0.3, -0.25) is 0 Å². The van der Waals surface area contributed by atoms with Crippen molar-refractivity contribution in [2.75, 3.05) is 12.3 Å². The maximum absolute atomic E-state index is 4.56. The standard InChI is InChI=1S/C16H22BrN3S/c1-3-10-20-11-9-19-16(20)14(18-4-2)12-21-15-8-6-5-7-13(15)17/h5-9,11,14,18H,3-4,10,12H2,1-2H3. The summed E-state index contributed by atoms with van der Waals surface area (Å²) in [7, 11) is 0. The summed E-state index contributed by atoms with van der Waals surface area (Å²) >= 11 is 5.47. The topological polar surface area (TPSA) is 29.9 Å². The van der Waals surface area contributed by atoms with Gasteiger partial charge in [0, 0.05) is 34.1 Å². The molecule has 0 spiro atoms. The number of hydrogen-bond acceptors (Lipinski definition) is 3. The maximum atomic E-state index is 4.56. The molecule has 0 fully saturated rings. The van der Waals surface area contributed by atoms with Crippen LogP contribution in [-0.2, 0) is 6.54 Å². The molecule has 0 saturated carbocycles. The first-order valence-electron chi connectivity index (χ1n) is 7.38. The van der Waals surface area contributed by atoms with E-state index in [-0.39, 0.29) is 6.04 Å². The number of benzene rings is 1. The van der Waals surface area contributed by atoms with Crippen LogP contribution >= 0.6 is 27.7 Å². The van der Waals surface area contributed by atoms with Gasteiger partial charge < -0.3 is 9.88 Å². The van der Waals surface area contributed by atoms with Crippen LogP contribution in [0.25, 0.3) is 0 Å². The summed E-state index contributed by atoms with van der Waals surface area (Å²) in [6.07, 6.45) is 5.10. The molecule has 2 aromatic rings. The largest absolute Gasteiger partial charge is 0.334 e. The number of rotatable bonds is 8. The molecule has 1 aromatic carbocycles. The molecule has 1 unspecified atom stereocenters. The molecule has 3 nitrogen and oxygen atoms in total. The summed E-state index contributed by atoms with van der Waals surface area (Å²) in [4.78, 5) is 5.84. The van der Waals surface area contributed by atoms with Crippen LogP contribution in [0.5, 0.6) is 0 Å². The van der Waals surface area contributed by atoms with Crippen LogP contribution < -0.4 is 5.32 Å². The molecule has 0 aliphatic rings. The van der Waals surface area contributed by atoms with Crippen LogP contribution in [0.3, 0.4) is 0 Å². The lowest BCUT2D eigenvalue weighted by molar-refractivity contribution is 0.527. The zero-order chi connectivity index (χ0) is 15.1. The summed E-state index contributed by atoms with van der Waals surface area (Å²) in [5, 5.41) is 3.55. The van der Waals surface area contributed by atoms with Crippen LogP contribution in [0, 0.1) is 0 Å². The molecule has 0 bridgehead atoms. The van der Waals surface area contributed by atoms with Gasteiger partial charge in [0.15, 0.2) is 0 Å². The number of imidazole rings is 1. The number of hydrogen-bond donors (Lipinski definition) is 1. The SMILES string of the molecule is CCCn1ccnc1C(CSc1ccccc1Br)NCC. The summed E-state index contributed by atoms with van der Waals surface area (Å²) in [6.45, 7) is 6.31. The van der Waals surface area contributed by atoms with E-state index in [1.54, 1.807) is 0 Å². The molecule has 0 aliphatic heterocycles. The Kier molecular flexibility index (Phi) is 6.80. The van der Waals surface area contributed by atoms with Gasteiger partial charge in [-0.2, -0.15) is 0 Å². The minimum atomic E-state index is 0.272. The number of aromatic nitrogens is 2. The van der Waals surface area contributed by atoms with Crippen molar-refractivity contribution >= 4 is 27.7 Å². The van der Waals surface area contributed by atoms with Crippen molar-refractivity contribution in [1.82, 2.24) is 14.9 Å². The third-order valence-electron chi connectivity index (χ3n) is 3.22. The Morgan fingerprint density at radius 1 is 1.33 bits per heavy atom. The lowest BCUT2D eigenvalue weighted by Gasteiger charge is -2.19. The van der Waals surface area contributed by atoms with Gasteiger partial charge in [0.25, 0.3) is 0 Å². The van der Waals surface area contributed by atoms with E-state index < -0.39 is 0 Å². The fraction of sp³-hybridized carbons (Fsp3) is 0.438. The van der Waals surface area contributed by atoms with Crippen molar-refractivity contribution < 1.29 is 0 Å². The molecule has 0 radical (unpaired) electrons. The predicted molar refractivity (Wildman–Crippen MR) is 93.8 cm³/mol. The lowest BCUT2D eigenvalue weighted by atomic mass is 10.3. The minimum Gasteiger partial charge on any atom is -0.334 e. The van der Waals surface area contributed by atoms with Gasteiger partial charge in [-0.05, 0) is 41.0 Å². The first-order chi connectivity index (χ1) is 10.3. The highest BCUT2D eigenvalue weighted by Crippen LogP contribution is 2.30. The molecule has 2 rings (SSSR count).